The smallest absolute Gasteiger partial charge is 0.272 e. The van der Waals surface area contributed by atoms with E-state index in [-0.39, 0.29) is 16.7 Å². The third kappa shape index (κ3) is 3.23. The van der Waals surface area contributed by atoms with Crippen LogP contribution in [0.1, 0.15) is 34.8 Å². The Bertz CT molecular complexity index is 719. The van der Waals surface area contributed by atoms with E-state index in [2.05, 4.69) is 4.98 Å². The first kappa shape index (κ1) is 15.6. The van der Waals surface area contributed by atoms with E-state index in [0.717, 1.165) is 35.2 Å². The van der Waals surface area contributed by atoms with E-state index in [9.17, 15) is 10.1 Å². The normalized spacial score (nSPS) is 18.3. The highest BCUT2D eigenvalue weighted by Crippen LogP contribution is 2.31. The third-order valence-electron chi connectivity index (χ3n) is 4.41. The molecule has 1 unspecified atom stereocenters. The molecule has 3 rings (SSSR count). The van der Waals surface area contributed by atoms with Crippen molar-refractivity contribution in [1.82, 2.24) is 10.0 Å². The molecule has 2 aromatic rings. The zero-order valence-corrected chi connectivity index (χ0v) is 13.2. The number of nitro groups is 1. The minimum absolute atomic E-state index is 0.0532. The Balaban J connectivity index is 1.72. The molecule has 1 saturated heterocycles. The highest BCUT2D eigenvalue weighted by Gasteiger charge is 2.26. The molecule has 1 aliphatic rings. The number of nitro benzene ring substituents is 1. The molecule has 0 aliphatic carbocycles. The van der Waals surface area contributed by atoms with E-state index in [4.69, 9.17) is 4.84 Å². The van der Waals surface area contributed by atoms with Crippen LogP contribution in [-0.2, 0) is 11.4 Å². The van der Waals surface area contributed by atoms with E-state index in [1.54, 1.807) is 25.4 Å². The maximum atomic E-state index is 11.0. The SMILES string of the molecule is Cc1c(CN2CCC(c3ccncc3)O2)ccc([N+](=O)[O-])c1C. The molecule has 2 heterocycles. The van der Waals surface area contributed by atoms with Gasteiger partial charge in [-0.1, -0.05) is 6.07 Å². The first-order valence-corrected chi connectivity index (χ1v) is 7.61. The van der Waals surface area contributed by atoms with Crippen LogP contribution in [0.15, 0.2) is 36.7 Å². The fraction of sp³-hybridized carbons (Fsp3) is 0.353. The lowest BCUT2D eigenvalue weighted by atomic mass is 10.0. The minimum Gasteiger partial charge on any atom is -0.291 e. The standard InChI is InChI=1S/C17H19N3O3/c1-12-13(2)16(20(21)22)4-3-15(12)11-19-10-7-17(23-19)14-5-8-18-9-6-14/h3-6,8-9,17H,7,10-11H2,1-2H3. The topological polar surface area (TPSA) is 68.5 Å². The van der Waals surface area contributed by atoms with Gasteiger partial charge in [-0.2, -0.15) is 5.06 Å². The minimum atomic E-state index is -0.335. The number of nitrogens with zero attached hydrogens (tertiary/aromatic N) is 3. The second-order valence-electron chi connectivity index (χ2n) is 5.78. The van der Waals surface area contributed by atoms with Gasteiger partial charge in [0.15, 0.2) is 0 Å². The number of benzene rings is 1. The van der Waals surface area contributed by atoms with Crippen LogP contribution in [0, 0.1) is 24.0 Å². The van der Waals surface area contributed by atoms with Crippen molar-refractivity contribution >= 4 is 5.69 Å². The van der Waals surface area contributed by atoms with E-state index in [1.165, 1.54) is 0 Å². The van der Waals surface area contributed by atoms with Crippen molar-refractivity contribution in [2.45, 2.75) is 32.9 Å². The van der Waals surface area contributed by atoms with Gasteiger partial charge >= 0.3 is 0 Å². The summed E-state index contributed by atoms with van der Waals surface area (Å²) in [5.41, 5.74) is 4.03. The van der Waals surface area contributed by atoms with Crippen molar-refractivity contribution in [3.63, 3.8) is 0 Å². The zero-order valence-electron chi connectivity index (χ0n) is 13.2. The van der Waals surface area contributed by atoms with Gasteiger partial charge in [-0.15, -0.1) is 0 Å². The van der Waals surface area contributed by atoms with Crippen LogP contribution in [0.5, 0.6) is 0 Å². The van der Waals surface area contributed by atoms with E-state index >= 15 is 0 Å². The monoisotopic (exact) mass is 313 g/mol. The molecule has 0 bridgehead atoms. The molecule has 120 valence electrons. The maximum absolute atomic E-state index is 11.0. The predicted octanol–water partition coefficient (Wildman–Crippen LogP) is 3.49. The van der Waals surface area contributed by atoms with Crippen molar-refractivity contribution < 1.29 is 9.76 Å². The van der Waals surface area contributed by atoms with Gasteiger partial charge in [-0.3, -0.25) is 19.9 Å². The Morgan fingerprint density at radius 3 is 2.70 bits per heavy atom. The summed E-state index contributed by atoms with van der Waals surface area (Å²) in [4.78, 5) is 20.7. The van der Waals surface area contributed by atoms with Crippen LogP contribution < -0.4 is 0 Å². The molecular weight excluding hydrogens is 294 g/mol. The first-order chi connectivity index (χ1) is 11.1. The molecule has 6 nitrogen and oxygen atoms in total. The lowest BCUT2D eigenvalue weighted by Gasteiger charge is -2.18. The molecule has 0 N–H and O–H groups in total. The summed E-state index contributed by atoms with van der Waals surface area (Å²) < 4.78 is 0. The second kappa shape index (κ2) is 6.44. The largest absolute Gasteiger partial charge is 0.291 e. The lowest BCUT2D eigenvalue weighted by molar-refractivity contribution is -0.385. The number of hydrogen-bond donors (Lipinski definition) is 0. The quantitative estimate of drug-likeness (QED) is 0.638. The molecule has 1 aliphatic heterocycles. The average Bonchev–Trinajstić information content (AvgIpc) is 3.01. The van der Waals surface area contributed by atoms with Gasteiger partial charge in [0, 0.05) is 37.1 Å². The summed E-state index contributed by atoms with van der Waals surface area (Å²) >= 11 is 0. The number of rotatable bonds is 4. The number of hydroxylamine groups is 2. The van der Waals surface area contributed by atoms with Crippen molar-refractivity contribution in [2.75, 3.05) is 6.54 Å². The van der Waals surface area contributed by atoms with Crippen LogP contribution in [0.3, 0.4) is 0 Å². The second-order valence-corrected chi connectivity index (χ2v) is 5.78. The molecule has 6 heteroatoms. The number of pyridine rings is 1. The van der Waals surface area contributed by atoms with Crippen molar-refractivity contribution in [1.29, 1.82) is 0 Å². The van der Waals surface area contributed by atoms with Gasteiger partial charge < -0.3 is 0 Å². The summed E-state index contributed by atoms with van der Waals surface area (Å²) in [5, 5.41) is 12.9. The molecule has 0 spiro atoms. The van der Waals surface area contributed by atoms with Crippen LogP contribution in [0.25, 0.3) is 0 Å². The Hall–Kier alpha value is -2.31. The molecule has 1 fully saturated rings. The predicted molar refractivity (Wildman–Crippen MR) is 85.7 cm³/mol. The van der Waals surface area contributed by atoms with Crippen LogP contribution in [0.4, 0.5) is 5.69 Å². The molecule has 0 amide bonds. The Kier molecular flexibility index (Phi) is 4.36. The highest BCUT2D eigenvalue weighted by atomic mass is 16.7. The van der Waals surface area contributed by atoms with Gasteiger partial charge in [-0.25, -0.2) is 0 Å². The fourth-order valence-electron chi connectivity index (χ4n) is 2.89. The van der Waals surface area contributed by atoms with Gasteiger partial charge in [0.2, 0.25) is 0 Å². The zero-order chi connectivity index (χ0) is 16.4. The summed E-state index contributed by atoms with van der Waals surface area (Å²) in [6, 6.07) is 7.34. The lowest BCUT2D eigenvalue weighted by Crippen LogP contribution is -2.18. The highest BCUT2D eigenvalue weighted by molar-refractivity contribution is 5.48. The molecule has 1 aromatic carbocycles. The molecule has 0 saturated carbocycles. The van der Waals surface area contributed by atoms with Crippen LogP contribution in [-0.4, -0.2) is 21.5 Å². The molecule has 1 aromatic heterocycles. The maximum Gasteiger partial charge on any atom is 0.272 e. The Morgan fingerprint density at radius 1 is 1.26 bits per heavy atom. The summed E-state index contributed by atoms with van der Waals surface area (Å²) in [7, 11) is 0. The van der Waals surface area contributed by atoms with E-state index < -0.39 is 0 Å². The Morgan fingerprint density at radius 2 is 2.00 bits per heavy atom. The van der Waals surface area contributed by atoms with E-state index in [1.807, 2.05) is 30.2 Å². The van der Waals surface area contributed by atoms with E-state index in [0.29, 0.717) is 6.54 Å². The Labute approximate surface area is 134 Å². The van der Waals surface area contributed by atoms with Crippen molar-refractivity contribution in [2.24, 2.45) is 0 Å². The van der Waals surface area contributed by atoms with Crippen LogP contribution >= 0.6 is 0 Å². The van der Waals surface area contributed by atoms with Crippen molar-refractivity contribution in [3.8, 4) is 0 Å². The van der Waals surface area contributed by atoms with Gasteiger partial charge in [0.25, 0.3) is 5.69 Å². The molecule has 1 atom stereocenters. The van der Waals surface area contributed by atoms with Gasteiger partial charge in [0.1, 0.15) is 6.10 Å². The van der Waals surface area contributed by atoms with Crippen molar-refractivity contribution in [3.05, 3.63) is 69.0 Å². The molecular formula is C17H19N3O3. The summed E-state index contributed by atoms with van der Waals surface area (Å²) in [6.07, 6.45) is 4.52. The number of hydrogen-bond acceptors (Lipinski definition) is 5. The fourth-order valence-corrected chi connectivity index (χ4v) is 2.89. The average molecular weight is 313 g/mol. The molecule has 23 heavy (non-hydrogen) atoms. The number of aromatic nitrogens is 1. The summed E-state index contributed by atoms with van der Waals surface area (Å²) in [6.45, 7) is 5.18. The van der Waals surface area contributed by atoms with Gasteiger partial charge in [0.05, 0.1) is 4.92 Å². The summed E-state index contributed by atoms with van der Waals surface area (Å²) in [5.74, 6) is 0. The van der Waals surface area contributed by atoms with Crippen LogP contribution in [0.2, 0.25) is 0 Å². The first-order valence-electron chi connectivity index (χ1n) is 7.61. The van der Waals surface area contributed by atoms with Gasteiger partial charge in [-0.05, 0) is 49.1 Å². The molecule has 0 radical (unpaired) electrons. The third-order valence-corrected chi connectivity index (χ3v) is 4.41.